The van der Waals surface area contributed by atoms with Gasteiger partial charge in [0.25, 0.3) is 0 Å². The van der Waals surface area contributed by atoms with E-state index in [0.29, 0.717) is 5.69 Å². The summed E-state index contributed by atoms with van der Waals surface area (Å²) in [6.45, 7) is 0. The quantitative estimate of drug-likeness (QED) is 0.677. The van der Waals surface area contributed by atoms with Crippen LogP contribution in [-0.4, -0.2) is 16.3 Å². The van der Waals surface area contributed by atoms with E-state index < -0.39 is 0 Å². The number of hydrogen-bond donors (Lipinski definition) is 1. The average molecular weight is 222 g/mol. The molecule has 2 aromatic heterocycles. The zero-order valence-corrected chi connectivity index (χ0v) is 9.05. The third kappa shape index (κ3) is 1.52. The highest BCUT2D eigenvalue weighted by Gasteiger charge is 2.12. The standard InChI is InChI=1S/C14H10N2O/c17-9-13-14(10-4-2-1-3-5-10)11-8-15-7-6-12(11)16-13/h1-9,16H. The molecular weight excluding hydrogens is 212 g/mol. The lowest BCUT2D eigenvalue weighted by molar-refractivity contribution is 0.112. The lowest BCUT2D eigenvalue weighted by atomic mass is 10.0. The van der Waals surface area contributed by atoms with E-state index in [1.165, 1.54) is 0 Å². The van der Waals surface area contributed by atoms with E-state index in [1.807, 2.05) is 36.4 Å². The average Bonchev–Trinajstić information content (AvgIpc) is 2.78. The molecule has 2 heterocycles. The first-order valence-corrected chi connectivity index (χ1v) is 5.36. The molecule has 0 unspecified atom stereocenters. The van der Waals surface area contributed by atoms with Crippen molar-refractivity contribution in [1.82, 2.24) is 9.97 Å². The molecule has 0 fully saturated rings. The van der Waals surface area contributed by atoms with Crippen molar-refractivity contribution in [2.45, 2.75) is 0 Å². The molecule has 1 N–H and O–H groups in total. The minimum Gasteiger partial charge on any atom is -0.352 e. The molecule has 0 radical (unpaired) electrons. The molecule has 3 heteroatoms. The summed E-state index contributed by atoms with van der Waals surface area (Å²) in [4.78, 5) is 18.3. The maximum absolute atomic E-state index is 11.1. The van der Waals surface area contributed by atoms with Crippen LogP contribution < -0.4 is 0 Å². The van der Waals surface area contributed by atoms with Crippen LogP contribution >= 0.6 is 0 Å². The van der Waals surface area contributed by atoms with Gasteiger partial charge in [-0.1, -0.05) is 30.3 Å². The van der Waals surface area contributed by atoms with Crippen LogP contribution in [-0.2, 0) is 0 Å². The van der Waals surface area contributed by atoms with Gasteiger partial charge in [-0.05, 0) is 11.6 Å². The van der Waals surface area contributed by atoms with Crippen molar-refractivity contribution in [2.24, 2.45) is 0 Å². The Morgan fingerprint density at radius 3 is 2.71 bits per heavy atom. The Balaban J connectivity index is 2.38. The Bertz CT molecular complexity index is 671. The van der Waals surface area contributed by atoms with E-state index >= 15 is 0 Å². The summed E-state index contributed by atoms with van der Waals surface area (Å²) in [5.41, 5.74) is 3.47. The lowest BCUT2D eigenvalue weighted by Gasteiger charge is -1.99. The minimum atomic E-state index is 0.596. The maximum Gasteiger partial charge on any atom is 0.166 e. The van der Waals surface area contributed by atoms with E-state index in [-0.39, 0.29) is 0 Å². The maximum atomic E-state index is 11.1. The molecule has 3 nitrogen and oxygen atoms in total. The first-order valence-electron chi connectivity index (χ1n) is 5.36. The summed E-state index contributed by atoms with van der Waals surface area (Å²) in [6, 6.07) is 11.7. The summed E-state index contributed by atoms with van der Waals surface area (Å²) >= 11 is 0. The summed E-state index contributed by atoms with van der Waals surface area (Å²) in [5, 5.41) is 0.973. The largest absolute Gasteiger partial charge is 0.352 e. The molecule has 3 rings (SSSR count). The van der Waals surface area contributed by atoms with Gasteiger partial charge in [0.15, 0.2) is 6.29 Å². The van der Waals surface area contributed by atoms with Crippen LogP contribution in [0.4, 0.5) is 0 Å². The van der Waals surface area contributed by atoms with Crippen molar-refractivity contribution >= 4 is 17.2 Å². The van der Waals surface area contributed by atoms with Crippen molar-refractivity contribution in [3.05, 3.63) is 54.5 Å². The highest BCUT2D eigenvalue weighted by atomic mass is 16.1. The molecule has 82 valence electrons. The number of benzene rings is 1. The number of pyridine rings is 1. The van der Waals surface area contributed by atoms with Crippen LogP contribution in [0, 0.1) is 0 Å². The molecule has 3 aromatic rings. The molecule has 0 aliphatic carbocycles. The molecule has 0 bridgehead atoms. The number of fused-ring (bicyclic) bond motifs is 1. The predicted octanol–water partition coefficient (Wildman–Crippen LogP) is 3.04. The fourth-order valence-corrected chi connectivity index (χ4v) is 2.06. The van der Waals surface area contributed by atoms with Gasteiger partial charge in [0, 0.05) is 28.9 Å². The first-order chi connectivity index (χ1) is 8.40. The number of carbonyl (C=O) groups is 1. The fourth-order valence-electron chi connectivity index (χ4n) is 2.06. The van der Waals surface area contributed by atoms with E-state index in [9.17, 15) is 4.79 Å². The van der Waals surface area contributed by atoms with Gasteiger partial charge in [-0.25, -0.2) is 0 Å². The molecule has 0 aliphatic heterocycles. The van der Waals surface area contributed by atoms with Gasteiger partial charge < -0.3 is 4.98 Å². The van der Waals surface area contributed by atoms with Gasteiger partial charge in [-0.3, -0.25) is 9.78 Å². The van der Waals surface area contributed by atoms with Gasteiger partial charge in [-0.2, -0.15) is 0 Å². The van der Waals surface area contributed by atoms with E-state index in [4.69, 9.17) is 0 Å². The Morgan fingerprint density at radius 2 is 1.94 bits per heavy atom. The van der Waals surface area contributed by atoms with Crippen LogP contribution in [0.1, 0.15) is 10.5 Å². The van der Waals surface area contributed by atoms with Crippen LogP contribution in [0.25, 0.3) is 22.0 Å². The highest BCUT2D eigenvalue weighted by molar-refractivity contribution is 6.03. The van der Waals surface area contributed by atoms with Gasteiger partial charge in [0.2, 0.25) is 0 Å². The molecule has 0 saturated heterocycles. The molecule has 0 saturated carbocycles. The highest BCUT2D eigenvalue weighted by Crippen LogP contribution is 2.30. The second-order valence-electron chi connectivity index (χ2n) is 3.82. The zero-order chi connectivity index (χ0) is 11.7. The SMILES string of the molecule is O=Cc1[nH]c2ccncc2c1-c1ccccc1. The van der Waals surface area contributed by atoms with Gasteiger partial charge in [-0.15, -0.1) is 0 Å². The lowest BCUT2D eigenvalue weighted by Crippen LogP contribution is -1.83. The first kappa shape index (κ1) is 9.78. The number of nitrogens with zero attached hydrogens (tertiary/aromatic N) is 1. The van der Waals surface area contributed by atoms with Crippen molar-refractivity contribution < 1.29 is 4.79 Å². The summed E-state index contributed by atoms with van der Waals surface area (Å²) in [7, 11) is 0. The molecule has 17 heavy (non-hydrogen) atoms. The second kappa shape index (κ2) is 3.87. The zero-order valence-electron chi connectivity index (χ0n) is 9.05. The summed E-state index contributed by atoms with van der Waals surface area (Å²) in [6.07, 6.45) is 4.34. The Kier molecular flexibility index (Phi) is 2.22. The van der Waals surface area contributed by atoms with Crippen LogP contribution in [0.3, 0.4) is 0 Å². The van der Waals surface area contributed by atoms with Crippen molar-refractivity contribution in [3.63, 3.8) is 0 Å². The molecule has 0 amide bonds. The minimum absolute atomic E-state index is 0.596. The Morgan fingerprint density at radius 1 is 1.12 bits per heavy atom. The topological polar surface area (TPSA) is 45.8 Å². The predicted molar refractivity (Wildman–Crippen MR) is 66.9 cm³/mol. The van der Waals surface area contributed by atoms with Crippen molar-refractivity contribution in [2.75, 3.05) is 0 Å². The fraction of sp³-hybridized carbons (Fsp3) is 0. The van der Waals surface area contributed by atoms with Gasteiger partial charge in [0.1, 0.15) is 0 Å². The third-order valence-electron chi connectivity index (χ3n) is 2.81. The number of aromatic amines is 1. The smallest absolute Gasteiger partial charge is 0.166 e. The van der Waals surface area contributed by atoms with E-state index in [0.717, 1.165) is 28.3 Å². The summed E-state index contributed by atoms with van der Waals surface area (Å²) in [5.74, 6) is 0. The molecule has 0 aliphatic rings. The van der Waals surface area contributed by atoms with Crippen LogP contribution in [0.2, 0.25) is 0 Å². The number of nitrogens with one attached hydrogen (secondary N) is 1. The van der Waals surface area contributed by atoms with Crippen molar-refractivity contribution in [1.29, 1.82) is 0 Å². The van der Waals surface area contributed by atoms with E-state index in [1.54, 1.807) is 12.4 Å². The number of aldehydes is 1. The van der Waals surface area contributed by atoms with Crippen molar-refractivity contribution in [3.8, 4) is 11.1 Å². The Labute approximate surface area is 98.1 Å². The molecule has 0 atom stereocenters. The van der Waals surface area contributed by atoms with E-state index in [2.05, 4.69) is 9.97 Å². The van der Waals surface area contributed by atoms with Gasteiger partial charge >= 0.3 is 0 Å². The summed E-state index contributed by atoms with van der Waals surface area (Å²) < 4.78 is 0. The normalized spacial score (nSPS) is 10.6. The number of carbonyl (C=O) groups excluding carboxylic acids is 1. The Hall–Kier alpha value is -2.42. The third-order valence-corrected chi connectivity index (χ3v) is 2.81. The second-order valence-corrected chi connectivity index (χ2v) is 3.82. The molecular formula is C14H10N2O. The number of H-pyrrole nitrogens is 1. The number of rotatable bonds is 2. The number of aromatic nitrogens is 2. The van der Waals surface area contributed by atoms with Crippen LogP contribution in [0.5, 0.6) is 0 Å². The van der Waals surface area contributed by atoms with Gasteiger partial charge in [0.05, 0.1) is 5.69 Å². The number of hydrogen-bond acceptors (Lipinski definition) is 2. The molecule has 1 aromatic carbocycles. The molecule has 0 spiro atoms. The van der Waals surface area contributed by atoms with Crippen LogP contribution in [0.15, 0.2) is 48.8 Å². The monoisotopic (exact) mass is 222 g/mol.